The number of nitrogens with one attached hydrogen (secondary N) is 2. The molecule has 2 N–H and O–H groups in total. The Bertz CT molecular complexity index is 602. The first kappa shape index (κ1) is 20.7. The maximum atomic E-state index is 5.79. The van der Waals surface area contributed by atoms with Gasteiger partial charge in [0, 0.05) is 19.3 Å². The fourth-order valence-corrected chi connectivity index (χ4v) is 2.27. The molecule has 24 heavy (non-hydrogen) atoms. The van der Waals surface area contributed by atoms with Crippen LogP contribution in [-0.2, 0) is 13.0 Å². The molecule has 0 aliphatic carbocycles. The summed E-state index contributed by atoms with van der Waals surface area (Å²) < 4.78 is 0. The first-order valence-electron chi connectivity index (χ1n) is 7.94. The van der Waals surface area contributed by atoms with Crippen LogP contribution in [0, 0.1) is 0 Å². The second-order valence-electron chi connectivity index (χ2n) is 5.20. The lowest BCUT2D eigenvalue weighted by Crippen LogP contribution is -2.37. The van der Waals surface area contributed by atoms with Gasteiger partial charge in [0.2, 0.25) is 0 Å². The molecule has 0 amide bonds. The minimum atomic E-state index is 0. The van der Waals surface area contributed by atoms with Crippen molar-refractivity contribution in [2.24, 2.45) is 4.99 Å². The Morgan fingerprint density at radius 3 is 2.54 bits per heavy atom. The molecule has 0 bridgehead atoms. The summed E-state index contributed by atoms with van der Waals surface area (Å²) in [5.74, 6) is 0.829. The zero-order valence-electron chi connectivity index (χ0n) is 13.8. The van der Waals surface area contributed by atoms with Crippen molar-refractivity contribution in [1.82, 2.24) is 15.6 Å². The second-order valence-corrected chi connectivity index (χ2v) is 5.59. The van der Waals surface area contributed by atoms with Gasteiger partial charge in [-0.2, -0.15) is 0 Å². The summed E-state index contributed by atoms with van der Waals surface area (Å²) >= 11 is 5.79. The fraction of sp³-hybridized carbons (Fsp3) is 0.333. The van der Waals surface area contributed by atoms with Crippen LogP contribution in [-0.4, -0.2) is 24.0 Å². The fourth-order valence-electron chi connectivity index (χ4n) is 2.16. The number of guanidine groups is 1. The Kier molecular flexibility index (Phi) is 10.4. The van der Waals surface area contributed by atoms with Gasteiger partial charge in [-0.25, -0.2) is 9.98 Å². The summed E-state index contributed by atoms with van der Waals surface area (Å²) in [6.45, 7) is 4.37. The van der Waals surface area contributed by atoms with Crippen LogP contribution in [0.5, 0.6) is 0 Å². The van der Waals surface area contributed by atoms with E-state index in [0.717, 1.165) is 37.5 Å². The van der Waals surface area contributed by atoms with E-state index in [1.807, 2.05) is 12.1 Å². The van der Waals surface area contributed by atoms with E-state index in [-0.39, 0.29) is 24.0 Å². The highest BCUT2D eigenvalue weighted by atomic mass is 127. The van der Waals surface area contributed by atoms with Crippen LogP contribution in [0.3, 0.4) is 0 Å². The molecule has 0 unspecified atom stereocenters. The molecule has 0 saturated heterocycles. The first-order chi connectivity index (χ1) is 11.3. The van der Waals surface area contributed by atoms with Gasteiger partial charge in [0.05, 0.1) is 6.54 Å². The minimum absolute atomic E-state index is 0. The number of halogens is 2. The molecule has 2 rings (SSSR count). The number of hydrogen-bond acceptors (Lipinski definition) is 2. The van der Waals surface area contributed by atoms with E-state index in [9.17, 15) is 0 Å². The van der Waals surface area contributed by atoms with Crippen molar-refractivity contribution in [3.05, 3.63) is 64.9 Å². The van der Waals surface area contributed by atoms with Gasteiger partial charge in [-0.1, -0.05) is 48.0 Å². The quantitative estimate of drug-likeness (QED) is 0.216. The molecule has 0 fully saturated rings. The van der Waals surface area contributed by atoms with E-state index in [4.69, 9.17) is 11.6 Å². The van der Waals surface area contributed by atoms with E-state index in [2.05, 4.69) is 51.8 Å². The number of aromatic nitrogens is 1. The van der Waals surface area contributed by atoms with Gasteiger partial charge in [-0.3, -0.25) is 0 Å². The third-order valence-corrected chi connectivity index (χ3v) is 3.55. The molecule has 0 saturated carbocycles. The largest absolute Gasteiger partial charge is 0.357 e. The molecule has 0 radical (unpaired) electrons. The summed E-state index contributed by atoms with van der Waals surface area (Å²) in [5, 5.41) is 7.12. The number of hydrogen-bond donors (Lipinski definition) is 2. The van der Waals surface area contributed by atoms with Crippen LogP contribution >= 0.6 is 35.6 Å². The van der Waals surface area contributed by atoms with Gasteiger partial charge < -0.3 is 10.6 Å². The topological polar surface area (TPSA) is 49.3 Å². The van der Waals surface area contributed by atoms with Gasteiger partial charge >= 0.3 is 0 Å². The number of rotatable bonds is 7. The second kappa shape index (κ2) is 12.1. The third-order valence-electron chi connectivity index (χ3n) is 3.33. The van der Waals surface area contributed by atoms with Gasteiger partial charge in [-0.15, -0.1) is 24.0 Å². The molecule has 6 heteroatoms. The highest BCUT2D eigenvalue weighted by molar-refractivity contribution is 14.0. The number of pyridine rings is 1. The highest BCUT2D eigenvalue weighted by Gasteiger charge is 1.99. The van der Waals surface area contributed by atoms with Crippen molar-refractivity contribution < 1.29 is 0 Å². The summed E-state index contributed by atoms with van der Waals surface area (Å²) in [6.07, 6.45) is 3.88. The molecular formula is C18H24ClIN4. The molecule has 0 atom stereocenters. The maximum Gasteiger partial charge on any atom is 0.191 e. The number of nitrogens with zero attached hydrogens (tertiary/aromatic N) is 2. The summed E-state index contributed by atoms with van der Waals surface area (Å²) in [7, 11) is 0. The summed E-state index contributed by atoms with van der Waals surface area (Å²) in [5.41, 5.74) is 2.40. The Morgan fingerprint density at radius 1 is 1.08 bits per heavy atom. The monoisotopic (exact) mass is 458 g/mol. The lowest BCUT2D eigenvalue weighted by Gasteiger charge is -2.11. The molecule has 0 spiro atoms. The SMILES string of the molecule is CCNC(=NCc1ccc(Cl)nc1)NCCCc1ccccc1.I. The van der Waals surface area contributed by atoms with Crippen molar-refractivity contribution in [2.45, 2.75) is 26.3 Å². The van der Waals surface area contributed by atoms with Crippen molar-refractivity contribution in [1.29, 1.82) is 0 Å². The van der Waals surface area contributed by atoms with E-state index in [0.29, 0.717) is 11.7 Å². The Morgan fingerprint density at radius 2 is 1.88 bits per heavy atom. The highest BCUT2D eigenvalue weighted by Crippen LogP contribution is 2.06. The average Bonchev–Trinajstić information content (AvgIpc) is 2.59. The van der Waals surface area contributed by atoms with Crippen molar-refractivity contribution >= 4 is 41.5 Å². The van der Waals surface area contributed by atoms with Gasteiger partial charge in [0.25, 0.3) is 0 Å². The Labute approximate surface area is 166 Å². The van der Waals surface area contributed by atoms with E-state index in [1.165, 1.54) is 5.56 Å². The van der Waals surface area contributed by atoms with E-state index in [1.54, 1.807) is 12.3 Å². The third kappa shape index (κ3) is 7.97. The normalized spacial score (nSPS) is 10.8. The summed E-state index contributed by atoms with van der Waals surface area (Å²) in [4.78, 5) is 8.64. The molecule has 1 aromatic carbocycles. The predicted octanol–water partition coefficient (Wildman–Crippen LogP) is 4.04. The van der Waals surface area contributed by atoms with Crippen LogP contribution in [0.2, 0.25) is 5.15 Å². The molecule has 1 heterocycles. The molecule has 130 valence electrons. The molecule has 4 nitrogen and oxygen atoms in total. The van der Waals surface area contributed by atoms with Crippen molar-refractivity contribution in [3.63, 3.8) is 0 Å². The average molecular weight is 459 g/mol. The Balaban J connectivity index is 0.00000288. The Hall–Kier alpha value is -1.34. The van der Waals surface area contributed by atoms with E-state index >= 15 is 0 Å². The van der Waals surface area contributed by atoms with Gasteiger partial charge in [0.15, 0.2) is 5.96 Å². The van der Waals surface area contributed by atoms with Crippen LogP contribution in [0.25, 0.3) is 0 Å². The van der Waals surface area contributed by atoms with Gasteiger partial charge in [-0.05, 0) is 37.0 Å². The lowest BCUT2D eigenvalue weighted by atomic mass is 10.1. The number of aryl methyl sites for hydroxylation is 1. The van der Waals surface area contributed by atoms with E-state index < -0.39 is 0 Å². The smallest absolute Gasteiger partial charge is 0.191 e. The number of aliphatic imine (C=N–C) groups is 1. The molecule has 2 aromatic rings. The minimum Gasteiger partial charge on any atom is -0.357 e. The standard InChI is InChI=1S/C18H23ClN4.HI/c1-2-20-18(23-14-16-10-11-17(19)22-13-16)21-12-6-9-15-7-4-3-5-8-15;/h3-5,7-8,10-11,13H,2,6,9,12,14H2,1H3,(H2,20,21,23);1H. The first-order valence-corrected chi connectivity index (χ1v) is 8.32. The number of benzene rings is 1. The van der Waals surface area contributed by atoms with Crippen LogP contribution < -0.4 is 10.6 Å². The lowest BCUT2D eigenvalue weighted by molar-refractivity contribution is 0.743. The van der Waals surface area contributed by atoms with Gasteiger partial charge in [0.1, 0.15) is 5.15 Å². The summed E-state index contributed by atoms with van der Waals surface area (Å²) in [6, 6.07) is 14.2. The predicted molar refractivity (Wildman–Crippen MR) is 112 cm³/mol. The maximum absolute atomic E-state index is 5.79. The van der Waals surface area contributed by atoms with Crippen molar-refractivity contribution in [3.8, 4) is 0 Å². The zero-order chi connectivity index (χ0) is 16.3. The van der Waals surface area contributed by atoms with Crippen LogP contribution in [0.4, 0.5) is 0 Å². The van der Waals surface area contributed by atoms with Crippen LogP contribution in [0.15, 0.2) is 53.7 Å². The molecule has 0 aliphatic heterocycles. The molecular weight excluding hydrogens is 435 g/mol. The molecule has 0 aliphatic rings. The zero-order valence-corrected chi connectivity index (χ0v) is 16.9. The molecule has 1 aromatic heterocycles. The van der Waals surface area contributed by atoms with Crippen molar-refractivity contribution in [2.75, 3.05) is 13.1 Å². The van der Waals surface area contributed by atoms with Crippen LogP contribution in [0.1, 0.15) is 24.5 Å².